The molecule has 3 aromatic carbocycles. The van der Waals surface area contributed by atoms with Crippen LogP contribution in [0.15, 0.2) is 78.9 Å². The number of hydrogen-bond donors (Lipinski definition) is 0. The summed E-state index contributed by atoms with van der Waals surface area (Å²) in [6, 6.07) is 23.6. The van der Waals surface area contributed by atoms with Gasteiger partial charge in [-0.25, -0.2) is 4.79 Å². The summed E-state index contributed by atoms with van der Waals surface area (Å²) in [5, 5.41) is 0.470. The van der Waals surface area contributed by atoms with Crippen molar-refractivity contribution in [1.29, 1.82) is 0 Å². The number of hydrogen-bond acceptors (Lipinski definition) is 5. The number of piperidine rings is 2. The normalized spacial score (nSPS) is 19.1. The first-order valence-electron chi connectivity index (χ1n) is 13.5. The molecule has 1 spiro atoms. The fourth-order valence-corrected chi connectivity index (χ4v) is 5.77. The summed E-state index contributed by atoms with van der Waals surface area (Å²) in [6.45, 7) is 2.06. The smallest absolute Gasteiger partial charge is 0.457 e. The number of likely N-dealkylation sites (tertiary alicyclic amines) is 2. The molecule has 1 amide bonds. The maximum Gasteiger partial charge on any atom is 0.490 e. The first kappa shape index (κ1) is 29.0. The van der Waals surface area contributed by atoms with Crippen LogP contribution >= 0.6 is 11.6 Å². The van der Waals surface area contributed by atoms with Crippen LogP contribution in [0.25, 0.3) is 0 Å². The molecule has 41 heavy (non-hydrogen) atoms. The van der Waals surface area contributed by atoms with Gasteiger partial charge in [0.05, 0.1) is 6.54 Å². The second-order valence-corrected chi connectivity index (χ2v) is 11.0. The zero-order chi connectivity index (χ0) is 29.0. The predicted octanol–water partition coefficient (Wildman–Crippen LogP) is 6.73. The summed E-state index contributed by atoms with van der Waals surface area (Å²) in [6.07, 6.45) is -4.69. The zero-order valence-corrected chi connectivity index (χ0v) is 23.0. The van der Waals surface area contributed by atoms with Crippen LogP contribution in [0.5, 0.6) is 11.5 Å². The minimum absolute atomic E-state index is 0.100. The highest BCUT2D eigenvalue weighted by molar-refractivity contribution is 6.30. The van der Waals surface area contributed by atoms with Gasteiger partial charge in [0, 0.05) is 34.7 Å². The summed E-state index contributed by atoms with van der Waals surface area (Å²) in [5.41, 5.74) is 0.710. The predicted molar refractivity (Wildman–Crippen MR) is 148 cm³/mol. The fourth-order valence-electron chi connectivity index (χ4n) is 5.64. The van der Waals surface area contributed by atoms with Crippen LogP contribution in [0.2, 0.25) is 5.02 Å². The molecule has 2 aliphatic heterocycles. The summed E-state index contributed by atoms with van der Waals surface area (Å²) >= 11 is 5.93. The van der Waals surface area contributed by atoms with Crippen molar-refractivity contribution in [3.63, 3.8) is 0 Å². The third-order valence-corrected chi connectivity index (χ3v) is 8.25. The van der Waals surface area contributed by atoms with E-state index in [1.54, 1.807) is 24.3 Å². The topological polar surface area (TPSA) is 59.1 Å². The average Bonchev–Trinajstić information content (AvgIpc) is 2.96. The molecular formula is C31H30ClF3N2O4. The Morgan fingerprint density at radius 1 is 0.878 bits per heavy atom. The second kappa shape index (κ2) is 12.1. The van der Waals surface area contributed by atoms with Gasteiger partial charge in [0.25, 0.3) is 5.91 Å². The van der Waals surface area contributed by atoms with Crippen molar-refractivity contribution in [2.75, 3.05) is 26.2 Å². The number of rotatable bonds is 6. The molecule has 5 rings (SSSR count). The van der Waals surface area contributed by atoms with E-state index in [4.69, 9.17) is 21.1 Å². The van der Waals surface area contributed by atoms with Gasteiger partial charge >= 0.3 is 12.1 Å². The van der Waals surface area contributed by atoms with Crippen molar-refractivity contribution in [2.24, 2.45) is 5.41 Å². The zero-order valence-electron chi connectivity index (χ0n) is 22.3. The average molecular weight is 587 g/mol. The minimum Gasteiger partial charge on any atom is -0.457 e. The SMILES string of the molecule is O=C(c1ccc(Cl)cc1)N1CCC2(CCN(Cc3ccccc3Oc3ccccc3)CC2)C(OC(=O)C(F)(F)F)C1. The van der Waals surface area contributed by atoms with Gasteiger partial charge in [0.2, 0.25) is 0 Å². The molecular weight excluding hydrogens is 557 g/mol. The van der Waals surface area contributed by atoms with Crippen molar-refractivity contribution in [3.8, 4) is 11.5 Å². The molecule has 1 unspecified atom stereocenters. The lowest BCUT2D eigenvalue weighted by Crippen LogP contribution is -2.58. The third-order valence-electron chi connectivity index (χ3n) is 8.00. The van der Waals surface area contributed by atoms with Gasteiger partial charge in [-0.15, -0.1) is 0 Å². The maximum absolute atomic E-state index is 13.2. The lowest BCUT2D eigenvalue weighted by Gasteiger charge is -2.51. The molecule has 0 aliphatic carbocycles. The molecule has 2 aliphatic rings. The largest absolute Gasteiger partial charge is 0.490 e. The van der Waals surface area contributed by atoms with Crippen LogP contribution in [-0.4, -0.2) is 60.1 Å². The molecule has 6 nitrogen and oxygen atoms in total. The number of alkyl halides is 3. The van der Waals surface area contributed by atoms with E-state index in [-0.39, 0.29) is 12.5 Å². The number of halogens is 4. The summed E-state index contributed by atoms with van der Waals surface area (Å²) in [7, 11) is 0. The Balaban J connectivity index is 1.28. The van der Waals surface area contributed by atoms with Crippen LogP contribution < -0.4 is 4.74 Å². The van der Waals surface area contributed by atoms with Gasteiger partial charge in [0.1, 0.15) is 17.6 Å². The van der Waals surface area contributed by atoms with Gasteiger partial charge in [-0.1, -0.05) is 48.0 Å². The van der Waals surface area contributed by atoms with E-state index in [9.17, 15) is 22.8 Å². The number of carbonyl (C=O) groups excluding carboxylic acids is 2. The van der Waals surface area contributed by atoms with Crippen LogP contribution in [0.3, 0.4) is 0 Å². The second-order valence-electron chi connectivity index (χ2n) is 10.6. The number of nitrogens with zero attached hydrogens (tertiary/aromatic N) is 2. The highest BCUT2D eigenvalue weighted by Crippen LogP contribution is 2.44. The van der Waals surface area contributed by atoms with Crippen molar-refractivity contribution in [3.05, 3.63) is 95.0 Å². The molecule has 2 heterocycles. The number of esters is 1. The van der Waals surface area contributed by atoms with Gasteiger partial charge in [-0.2, -0.15) is 13.2 Å². The van der Waals surface area contributed by atoms with Gasteiger partial charge in [-0.05, 0) is 74.8 Å². The van der Waals surface area contributed by atoms with Crippen LogP contribution in [0, 0.1) is 5.41 Å². The number of ether oxygens (including phenoxy) is 2. The summed E-state index contributed by atoms with van der Waals surface area (Å²) in [5.74, 6) is -1.09. The molecule has 0 bridgehead atoms. The molecule has 2 fully saturated rings. The van der Waals surface area contributed by atoms with Crippen LogP contribution in [0.4, 0.5) is 13.2 Å². The lowest BCUT2D eigenvalue weighted by molar-refractivity contribution is -0.216. The molecule has 0 N–H and O–H groups in total. The number of amides is 1. The Morgan fingerprint density at radius 3 is 2.20 bits per heavy atom. The maximum atomic E-state index is 13.2. The Kier molecular flexibility index (Phi) is 8.56. The van der Waals surface area contributed by atoms with Gasteiger partial charge in [0.15, 0.2) is 0 Å². The Labute approximate surface area is 241 Å². The van der Waals surface area contributed by atoms with Crippen molar-refractivity contribution in [2.45, 2.75) is 38.1 Å². The standard InChI is InChI=1S/C31H30ClF3N2O4/c32-24-12-10-22(11-13-24)28(38)37-19-16-30(27(21-37)41-29(39)31(33,34)35)14-17-36(18-15-30)20-23-6-4-5-9-26(23)40-25-7-2-1-3-8-25/h1-13,27H,14-21H2. The summed E-state index contributed by atoms with van der Waals surface area (Å²) in [4.78, 5) is 28.8. The van der Waals surface area contributed by atoms with Crippen LogP contribution in [0.1, 0.15) is 35.2 Å². The minimum atomic E-state index is -5.12. The Bertz CT molecular complexity index is 1360. The third kappa shape index (κ3) is 6.85. The highest BCUT2D eigenvalue weighted by Gasteiger charge is 2.51. The number of carbonyl (C=O) groups is 2. The monoisotopic (exact) mass is 586 g/mol. The Morgan fingerprint density at radius 2 is 1.51 bits per heavy atom. The highest BCUT2D eigenvalue weighted by atomic mass is 35.5. The van der Waals surface area contributed by atoms with E-state index in [1.165, 1.54) is 4.90 Å². The van der Waals surface area contributed by atoms with E-state index in [0.717, 1.165) is 17.1 Å². The van der Waals surface area contributed by atoms with Crippen molar-refractivity contribution in [1.82, 2.24) is 9.80 Å². The van der Waals surface area contributed by atoms with E-state index in [0.29, 0.717) is 56.0 Å². The molecule has 2 saturated heterocycles. The molecule has 10 heteroatoms. The van der Waals surface area contributed by atoms with Crippen molar-refractivity contribution >= 4 is 23.5 Å². The molecule has 216 valence electrons. The first-order valence-corrected chi connectivity index (χ1v) is 13.9. The fraction of sp³-hybridized carbons (Fsp3) is 0.355. The molecule has 0 aromatic heterocycles. The van der Waals surface area contributed by atoms with E-state index in [1.807, 2.05) is 54.6 Å². The van der Waals surface area contributed by atoms with Crippen LogP contribution in [-0.2, 0) is 16.1 Å². The molecule has 0 saturated carbocycles. The van der Waals surface area contributed by atoms with E-state index < -0.39 is 23.7 Å². The number of benzene rings is 3. The van der Waals surface area contributed by atoms with E-state index >= 15 is 0 Å². The number of para-hydroxylation sites is 2. The van der Waals surface area contributed by atoms with Crippen molar-refractivity contribution < 1.29 is 32.2 Å². The lowest BCUT2D eigenvalue weighted by atomic mass is 9.69. The first-order chi connectivity index (χ1) is 19.6. The Hall–Kier alpha value is -3.56. The molecule has 1 atom stereocenters. The molecule has 3 aromatic rings. The van der Waals surface area contributed by atoms with Gasteiger partial charge in [-0.3, -0.25) is 9.69 Å². The summed E-state index contributed by atoms with van der Waals surface area (Å²) < 4.78 is 50.9. The van der Waals surface area contributed by atoms with Gasteiger partial charge < -0.3 is 14.4 Å². The van der Waals surface area contributed by atoms with E-state index in [2.05, 4.69) is 4.90 Å². The quantitative estimate of drug-likeness (QED) is 0.300. The molecule has 0 radical (unpaired) electrons.